The fourth-order valence-corrected chi connectivity index (χ4v) is 30.5. The maximum Gasteiger partial charge on any atom is 0.205 e. The van der Waals surface area contributed by atoms with Crippen LogP contribution in [0.2, 0.25) is 20.1 Å². The van der Waals surface area contributed by atoms with E-state index in [-0.39, 0.29) is 31.9 Å². The molecule has 0 spiro atoms. The first-order valence-corrected chi connectivity index (χ1v) is 49.8. The molecular formula is C100H82BF5O3P4Ru2. The van der Waals surface area contributed by atoms with Gasteiger partial charge in [0.15, 0.2) is 5.75 Å². The van der Waals surface area contributed by atoms with Gasteiger partial charge in [0.2, 0.25) is 29.1 Å². The summed E-state index contributed by atoms with van der Waals surface area (Å²) in [6, 6.07) is 147. The number of hydrogen-bond donors (Lipinski definition) is 0. The largest absolute Gasteiger partial charge is 0.860 e. The zero-order valence-electron chi connectivity index (χ0n) is 62.7. The molecule has 0 bridgehead atoms. The Bertz CT molecular complexity index is 4530. The van der Waals surface area contributed by atoms with E-state index in [1.807, 2.05) is 0 Å². The van der Waals surface area contributed by atoms with Crippen molar-refractivity contribution in [3.8, 4) is 5.75 Å². The van der Waals surface area contributed by atoms with Gasteiger partial charge in [-0.05, 0) is 95.3 Å². The van der Waals surface area contributed by atoms with E-state index < -0.39 is 73.8 Å². The van der Waals surface area contributed by atoms with Crippen LogP contribution in [0.4, 0.5) is 22.0 Å². The van der Waals surface area contributed by atoms with Crippen molar-refractivity contribution in [3.05, 3.63) is 476 Å². The average molecular weight is 1760 g/mol. The van der Waals surface area contributed by atoms with Crippen LogP contribution in [0.25, 0.3) is 12.2 Å². The molecule has 15 aromatic rings. The monoisotopic (exact) mass is 1760 g/mol. The van der Waals surface area contributed by atoms with Gasteiger partial charge in [-0.1, -0.05) is 364 Å². The van der Waals surface area contributed by atoms with Gasteiger partial charge < -0.3 is 14.7 Å². The minimum Gasteiger partial charge on any atom is -0.860 e. The fourth-order valence-electron chi connectivity index (χ4n) is 12.9. The first-order valence-electron chi connectivity index (χ1n) is 37.5. The molecule has 3 nitrogen and oxygen atoms in total. The first-order chi connectivity index (χ1) is 56.6. The summed E-state index contributed by atoms with van der Waals surface area (Å²) in [5, 5.41) is 42.8. The molecule has 0 aromatic heterocycles. The van der Waals surface area contributed by atoms with Crippen molar-refractivity contribution in [2.45, 2.75) is 29.1 Å². The maximum absolute atomic E-state index is 12.6. The fraction of sp³-hybridized carbons (Fsp3) is 0.0600. The van der Waals surface area contributed by atoms with Gasteiger partial charge in [-0.15, -0.1) is 0 Å². The van der Waals surface area contributed by atoms with Crippen molar-refractivity contribution in [1.82, 2.24) is 0 Å². The van der Waals surface area contributed by atoms with Gasteiger partial charge in [-0.2, -0.15) is 8.78 Å². The smallest absolute Gasteiger partial charge is 0.205 e. The summed E-state index contributed by atoms with van der Waals surface area (Å²) in [6.07, 6.45) is 9.51. The summed E-state index contributed by atoms with van der Waals surface area (Å²) >= 11 is -0.674. The Morgan fingerprint density at radius 2 is 0.400 bits per heavy atom. The number of fused-ring (bicyclic) bond motifs is 2. The molecule has 15 aromatic carbocycles. The molecule has 2 heterocycles. The van der Waals surface area contributed by atoms with Crippen LogP contribution >= 0.6 is 31.7 Å². The van der Waals surface area contributed by atoms with Crippen molar-refractivity contribution in [3.63, 3.8) is 0 Å². The quantitative estimate of drug-likeness (QED) is 0.0318. The zero-order chi connectivity index (χ0) is 79.3. The van der Waals surface area contributed by atoms with Crippen LogP contribution in [0.15, 0.2) is 425 Å². The summed E-state index contributed by atoms with van der Waals surface area (Å²) in [4.78, 5) is 0. The second-order valence-electron chi connectivity index (χ2n) is 26.1. The van der Waals surface area contributed by atoms with E-state index in [1.165, 1.54) is 74.8 Å². The third-order valence-corrected chi connectivity index (χ3v) is 36.7. The van der Waals surface area contributed by atoms with Crippen molar-refractivity contribution in [1.29, 1.82) is 0 Å². The Morgan fingerprint density at radius 3 is 0.574 bits per heavy atom. The second kappa shape index (κ2) is 43.2. The van der Waals surface area contributed by atoms with E-state index in [1.54, 1.807) is 31.2 Å². The minimum absolute atomic E-state index is 0.337. The summed E-state index contributed by atoms with van der Waals surface area (Å²) in [5.41, 5.74) is 6.19. The van der Waals surface area contributed by atoms with E-state index in [0.29, 0.717) is 0 Å². The predicted octanol–water partition coefficient (Wildman–Crippen LogP) is 19.7. The number of halogens is 5. The molecule has 2 aliphatic carbocycles. The molecule has 0 amide bonds. The minimum atomic E-state index is -3.20. The summed E-state index contributed by atoms with van der Waals surface area (Å²) in [7, 11) is -4.98. The molecule has 4 aliphatic rings. The van der Waals surface area contributed by atoms with Gasteiger partial charge in [-0.25, -0.2) is 13.2 Å². The van der Waals surface area contributed by atoms with Crippen LogP contribution in [0, 0.1) is 29.1 Å². The van der Waals surface area contributed by atoms with Crippen LogP contribution in [0.1, 0.15) is 31.3 Å². The number of benzene rings is 15. The standard InChI is InChI=1S/4C18H15P.2C9H7.C6BF5O3.2C2H4.2Ru/c4*1-4-10-16(11-5-1)19(17-12-6-2-7-13-17)18-14-8-3-9-15-18;2*1-2-5-9-7-3-6-8(9)4-1;8-1-2(9)4(11)6(15-7(13)14)5(12)3(1)10;2*1-2;;/h4*1-15H;2*1-7H;;2*1-2H2;;/q;;;;;;-2;;;2*+1. The number of hydrogen-bond acceptors (Lipinski definition) is 3. The molecule has 2 unspecified atom stereocenters. The van der Waals surface area contributed by atoms with Gasteiger partial charge in [-0.3, -0.25) is 0 Å². The van der Waals surface area contributed by atoms with E-state index in [9.17, 15) is 32.0 Å². The molecule has 0 saturated carbocycles. The summed E-state index contributed by atoms with van der Waals surface area (Å²) in [5.74, 6) is -13.6. The van der Waals surface area contributed by atoms with Crippen LogP contribution in [0.3, 0.4) is 0 Å². The molecule has 115 heavy (non-hydrogen) atoms. The van der Waals surface area contributed by atoms with Crippen LogP contribution in [-0.4, -0.2) is 7.32 Å². The van der Waals surface area contributed by atoms with E-state index in [0.717, 1.165) is 9.02 Å². The zero-order valence-corrected chi connectivity index (χ0v) is 69.8. The van der Waals surface area contributed by atoms with Gasteiger partial charge in [0, 0.05) is 0 Å². The Balaban J connectivity index is 0.000000118. The SMILES string of the molecule is C1=C[CH]([Ru+]2[CH2][CH2]2)c2ccccc21.C1=C[CH]([Ru+]2[CH2][CH2]2)c2ccccc21.[O-]B([O-])Oc1c(F)c(F)c(F)c(F)c1F.c1ccc(P(c2ccccc2)c2ccccc2)cc1.c1ccc(P(c2ccccc2)c2ccccc2)cc1.c1ccc(P(c2ccccc2)c2ccccc2)cc1.c1ccc(P(c2ccccc2)c2ccccc2)cc1. The van der Waals surface area contributed by atoms with Crippen molar-refractivity contribution in [2.24, 2.45) is 0 Å². The molecular weight excluding hydrogens is 1680 g/mol. The van der Waals surface area contributed by atoms with Crippen molar-refractivity contribution < 1.29 is 68.6 Å². The number of rotatable bonds is 16. The van der Waals surface area contributed by atoms with Crippen molar-refractivity contribution >= 4 is 115 Å². The summed E-state index contributed by atoms with van der Waals surface area (Å²) < 4.78 is 67.7. The molecule has 19 rings (SSSR count). The normalized spacial score (nSPS) is 14.0. The topological polar surface area (TPSA) is 55.3 Å². The van der Waals surface area contributed by atoms with Crippen LogP contribution in [0.5, 0.6) is 5.75 Å². The Hall–Kier alpha value is -9.82. The Kier molecular flexibility index (Phi) is 31.3. The van der Waals surface area contributed by atoms with Crippen molar-refractivity contribution in [2.75, 3.05) is 0 Å². The maximum atomic E-state index is 12.6. The molecule has 2 aliphatic heterocycles. The first kappa shape index (κ1) is 83.1. The summed E-state index contributed by atoms with van der Waals surface area (Å²) in [6.45, 7) is 0. The van der Waals surface area contributed by atoms with Gasteiger partial charge in [0.1, 0.15) is 7.32 Å². The Labute approximate surface area is 688 Å². The second-order valence-corrected chi connectivity index (χ2v) is 45.2. The molecule has 0 radical (unpaired) electrons. The molecule has 2 fully saturated rings. The van der Waals surface area contributed by atoms with Crippen LogP contribution < -0.4 is 78.4 Å². The average Bonchev–Trinajstić information content (AvgIpc) is 1.09. The van der Waals surface area contributed by atoms with E-state index in [4.69, 9.17) is 0 Å². The van der Waals surface area contributed by atoms with Crippen LogP contribution in [-0.2, 0) is 31.9 Å². The Morgan fingerprint density at radius 1 is 0.235 bits per heavy atom. The van der Waals surface area contributed by atoms with E-state index in [2.05, 4.69) is 441 Å². The third-order valence-electron chi connectivity index (χ3n) is 18.4. The molecule has 0 N–H and O–H groups in total. The molecule has 15 heteroatoms. The molecule has 574 valence electrons. The molecule has 2 saturated heterocycles. The third kappa shape index (κ3) is 23.3. The van der Waals surface area contributed by atoms with E-state index >= 15 is 0 Å². The predicted molar refractivity (Wildman–Crippen MR) is 469 cm³/mol. The van der Waals surface area contributed by atoms with Gasteiger partial charge in [0.25, 0.3) is 0 Å². The van der Waals surface area contributed by atoms with Gasteiger partial charge in [0.05, 0.1) is 0 Å². The number of allylic oxidation sites excluding steroid dienone is 2. The van der Waals surface area contributed by atoms with Gasteiger partial charge >= 0.3 is 156 Å². The molecule has 2 atom stereocenters.